The Morgan fingerprint density at radius 2 is 1.60 bits per heavy atom. The minimum absolute atomic E-state index is 0.801. The molecule has 0 unspecified atom stereocenters. The smallest absolute Gasteiger partial charge is 0.225 e. The molecule has 0 fully saturated rings. The summed E-state index contributed by atoms with van der Waals surface area (Å²) in [5.41, 5.74) is 0. The second-order valence-electron chi connectivity index (χ2n) is 1.46. The molecule has 1 rings (SSSR count). The van der Waals surface area contributed by atoms with E-state index in [1.54, 1.807) is 0 Å². The van der Waals surface area contributed by atoms with Crippen molar-refractivity contribution >= 4 is 0 Å². The van der Waals surface area contributed by atoms with Crippen LogP contribution in [0.3, 0.4) is 0 Å². The van der Waals surface area contributed by atoms with Gasteiger partial charge in [0.15, 0.2) is 0 Å². The van der Waals surface area contributed by atoms with Gasteiger partial charge in [0.2, 0.25) is 5.82 Å². The summed E-state index contributed by atoms with van der Waals surface area (Å²) in [5.74, 6) is -1.16. The third-order valence-electron chi connectivity index (χ3n) is 0.747. The number of hydrogen-bond acceptors (Lipinski definition) is 3. The summed E-state index contributed by atoms with van der Waals surface area (Å²) < 4.78 is 34.9. The Morgan fingerprint density at radius 1 is 1.10 bits per heavy atom. The fourth-order valence-corrected chi connectivity index (χ4v) is 0.386. The molecular weight excluding hydrogens is 147 g/mol. The van der Waals surface area contributed by atoms with E-state index in [0.717, 1.165) is 12.7 Å². The van der Waals surface area contributed by atoms with E-state index >= 15 is 0 Å². The molecule has 0 aromatic carbocycles. The van der Waals surface area contributed by atoms with Gasteiger partial charge in [-0.2, -0.15) is 13.2 Å². The molecule has 54 valence electrons. The summed E-state index contributed by atoms with van der Waals surface area (Å²) in [5, 5.41) is 0. The first kappa shape index (κ1) is 6.91. The molecule has 10 heavy (non-hydrogen) atoms. The lowest BCUT2D eigenvalue weighted by Gasteiger charge is -2.00. The molecule has 0 bridgehead atoms. The average molecular weight is 149 g/mol. The van der Waals surface area contributed by atoms with E-state index in [0.29, 0.717) is 0 Å². The molecule has 1 heterocycles. The monoisotopic (exact) mass is 149 g/mol. The van der Waals surface area contributed by atoms with E-state index in [-0.39, 0.29) is 0 Å². The van der Waals surface area contributed by atoms with Gasteiger partial charge in [-0.25, -0.2) is 15.0 Å². The molecule has 0 aliphatic rings. The molecular formula is C4H2F3N3. The Bertz CT molecular complexity index is 207. The van der Waals surface area contributed by atoms with Gasteiger partial charge in [-0.1, -0.05) is 0 Å². The molecule has 0 aliphatic heterocycles. The zero-order chi connectivity index (χ0) is 7.61. The van der Waals surface area contributed by atoms with Gasteiger partial charge in [-0.05, 0) is 0 Å². The van der Waals surface area contributed by atoms with Crippen molar-refractivity contribution in [1.82, 2.24) is 15.0 Å². The summed E-state index contributed by atoms with van der Waals surface area (Å²) in [7, 11) is 0. The van der Waals surface area contributed by atoms with Crippen LogP contribution >= 0.6 is 0 Å². The van der Waals surface area contributed by atoms with Crippen LogP contribution in [-0.4, -0.2) is 15.0 Å². The second-order valence-corrected chi connectivity index (χ2v) is 1.46. The van der Waals surface area contributed by atoms with Crippen molar-refractivity contribution in [3.63, 3.8) is 0 Å². The maximum Gasteiger partial charge on any atom is 0.451 e. The highest BCUT2D eigenvalue weighted by Gasteiger charge is 2.34. The van der Waals surface area contributed by atoms with Gasteiger partial charge in [-0.15, -0.1) is 0 Å². The van der Waals surface area contributed by atoms with E-state index in [1.807, 2.05) is 0 Å². The SMILES string of the molecule is FC(F)(F)c1ncncn1. The summed E-state index contributed by atoms with van der Waals surface area (Å²) in [6, 6.07) is 0. The van der Waals surface area contributed by atoms with E-state index in [4.69, 9.17) is 0 Å². The Hall–Kier alpha value is -1.20. The highest BCUT2D eigenvalue weighted by Crippen LogP contribution is 2.24. The van der Waals surface area contributed by atoms with Gasteiger partial charge >= 0.3 is 6.18 Å². The maximum atomic E-state index is 11.6. The molecule has 0 saturated carbocycles. The molecule has 0 atom stereocenters. The van der Waals surface area contributed by atoms with Gasteiger partial charge in [0, 0.05) is 0 Å². The lowest BCUT2D eigenvalue weighted by molar-refractivity contribution is -0.145. The van der Waals surface area contributed by atoms with Crippen molar-refractivity contribution in [1.29, 1.82) is 0 Å². The predicted octanol–water partition coefficient (Wildman–Crippen LogP) is 0.890. The Morgan fingerprint density at radius 3 is 1.90 bits per heavy atom. The largest absolute Gasteiger partial charge is 0.451 e. The third-order valence-corrected chi connectivity index (χ3v) is 0.747. The van der Waals surface area contributed by atoms with Gasteiger partial charge in [-0.3, -0.25) is 0 Å². The zero-order valence-corrected chi connectivity index (χ0v) is 4.63. The zero-order valence-electron chi connectivity index (χ0n) is 4.63. The van der Waals surface area contributed by atoms with Crippen LogP contribution in [0.2, 0.25) is 0 Å². The minimum Gasteiger partial charge on any atom is -0.225 e. The summed E-state index contributed by atoms with van der Waals surface area (Å²) in [6.45, 7) is 0. The van der Waals surface area contributed by atoms with Crippen LogP contribution in [0.4, 0.5) is 13.2 Å². The van der Waals surface area contributed by atoms with Crippen molar-refractivity contribution in [2.24, 2.45) is 0 Å². The number of hydrogen-bond donors (Lipinski definition) is 0. The summed E-state index contributed by atoms with van der Waals surface area (Å²) >= 11 is 0. The van der Waals surface area contributed by atoms with Crippen molar-refractivity contribution < 1.29 is 13.2 Å². The Kier molecular flexibility index (Phi) is 1.52. The number of halogens is 3. The van der Waals surface area contributed by atoms with Crippen LogP contribution in [0.25, 0.3) is 0 Å². The molecule has 6 heteroatoms. The number of rotatable bonds is 0. The first-order valence-corrected chi connectivity index (χ1v) is 2.30. The van der Waals surface area contributed by atoms with Crippen LogP contribution in [0.1, 0.15) is 5.82 Å². The van der Waals surface area contributed by atoms with Gasteiger partial charge in [0.1, 0.15) is 12.7 Å². The Balaban J connectivity index is 2.97. The Labute approximate surface area is 54.0 Å². The topological polar surface area (TPSA) is 38.7 Å². The van der Waals surface area contributed by atoms with E-state index in [2.05, 4.69) is 15.0 Å². The number of nitrogens with zero attached hydrogens (tertiary/aromatic N) is 3. The molecule has 0 aliphatic carbocycles. The first-order chi connectivity index (χ1) is 4.61. The normalized spacial score (nSPS) is 11.5. The maximum absolute atomic E-state index is 11.6. The molecule has 1 aromatic heterocycles. The lowest BCUT2D eigenvalue weighted by Crippen LogP contribution is -2.10. The highest BCUT2D eigenvalue weighted by atomic mass is 19.4. The van der Waals surface area contributed by atoms with Gasteiger partial charge < -0.3 is 0 Å². The van der Waals surface area contributed by atoms with Crippen LogP contribution in [0.5, 0.6) is 0 Å². The summed E-state index contributed by atoms with van der Waals surface area (Å²) in [4.78, 5) is 9.04. The summed E-state index contributed by atoms with van der Waals surface area (Å²) in [6.07, 6.45) is -2.87. The molecule has 3 nitrogen and oxygen atoms in total. The fourth-order valence-electron chi connectivity index (χ4n) is 0.386. The molecule has 0 amide bonds. The van der Waals surface area contributed by atoms with Crippen molar-refractivity contribution in [2.45, 2.75) is 6.18 Å². The van der Waals surface area contributed by atoms with Crippen LogP contribution < -0.4 is 0 Å². The molecule has 0 N–H and O–H groups in total. The first-order valence-electron chi connectivity index (χ1n) is 2.30. The van der Waals surface area contributed by atoms with E-state index in [1.165, 1.54) is 0 Å². The highest BCUT2D eigenvalue weighted by molar-refractivity contribution is 4.86. The average Bonchev–Trinajstić information content (AvgIpc) is 1.88. The lowest BCUT2D eigenvalue weighted by atomic mass is 10.6. The molecule has 0 radical (unpaired) electrons. The number of aromatic nitrogens is 3. The molecule has 0 saturated heterocycles. The number of alkyl halides is 3. The van der Waals surface area contributed by atoms with E-state index < -0.39 is 12.0 Å². The van der Waals surface area contributed by atoms with Crippen LogP contribution in [-0.2, 0) is 6.18 Å². The van der Waals surface area contributed by atoms with Gasteiger partial charge in [0.05, 0.1) is 0 Å². The standard InChI is InChI=1S/C4H2F3N3/c5-4(6,7)3-9-1-8-2-10-3/h1-2H. The van der Waals surface area contributed by atoms with E-state index in [9.17, 15) is 13.2 Å². The quantitative estimate of drug-likeness (QED) is 0.549. The van der Waals surface area contributed by atoms with Crippen molar-refractivity contribution in [3.05, 3.63) is 18.5 Å². The predicted molar refractivity (Wildman–Crippen MR) is 24.8 cm³/mol. The van der Waals surface area contributed by atoms with Crippen LogP contribution in [0.15, 0.2) is 12.7 Å². The third kappa shape index (κ3) is 1.40. The minimum atomic E-state index is -4.47. The molecule has 1 aromatic rings. The molecule has 0 spiro atoms. The van der Waals surface area contributed by atoms with Crippen LogP contribution in [0, 0.1) is 0 Å². The second kappa shape index (κ2) is 2.20. The van der Waals surface area contributed by atoms with Gasteiger partial charge in [0.25, 0.3) is 0 Å². The fraction of sp³-hybridized carbons (Fsp3) is 0.250. The van der Waals surface area contributed by atoms with Crippen molar-refractivity contribution in [2.75, 3.05) is 0 Å². The van der Waals surface area contributed by atoms with Crippen molar-refractivity contribution in [3.8, 4) is 0 Å².